The minimum atomic E-state index is -0.206. The minimum Gasteiger partial charge on any atom is -0.233 e. The third-order valence-corrected chi connectivity index (χ3v) is 4.42. The van der Waals surface area contributed by atoms with Crippen LogP contribution in [0.15, 0.2) is 54.7 Å². The number of hydrogen-bond acceptors (Lipinski definition) is 1. The molecule has 3 rings (SSSR count). The Labute approximate surface area is 149 Å². The molecule has 2 nitrogen and oxygen atoms in total. The lowest BCUT2D eigenvalue weighted by Gasteiger charge is -2.14. The Morgan fingerprint density at radius 1 is 0.960 bits per heavy atom. The summed E-state index contributed by atoms with van der Waals surface area (Å²) >= 11 is 0. The van der Waals surface area contributed by atoms with E-state index in [2.05, 4.69) is 20.8 Å². The van der Waals surface area contributed by atoms with E-state index in [0.29, 0.717) is 5.56 Å². The molecule has 0 fully saturated rings. The molecule has 25 heavy (non-hydrogen) atoms. The van der Waals surface area contributed by atoms with Crippen LogP contribution in [-0.4, -0.2) is 4.98 Å². The number of aromatic nitrogens is 2. The van der Waals surface area contributed by atoms with Gasteiger partial charge in [-0.2, -0.15) is 0 Å². The van der Waals surface area contributed by atoms with Crippen LogP contribution in [0.25, 0.3) is 22.5 Å². The standard InChI is InChI=1S/C22H24FN2/c1-15-13-19(23)18(16-9-7-6-8-10-16)14-17(15)21-24-20(22(2,3)4)11-12-25(21)5/h6-14H,1-5H3/q+1. The first-order valence-electron chi connectivity index (χ1n) is 8.50. The maximum Gasteiger partial charge on any atom is 0.330 e. The lowest BCUT2D eigenvalue weighted by molar-refractivity contribution is -0.663. The predicted molar refractivity (Wildman–Crippen MR) is 99.7 cm³/mol. The van der Waals surface area contributed by atoms with Crippen molar-refractivity contribution >= 4 is 0 Å². The predicted octanol–water partition coefficient (Wildman–Crippen LogP) is 4.99. The SMILES string of the molecule is Cc1cc(F)c(-c2ccccc2)cc1-c1nc(C(C)(C)C)cc[n+]1C. The summed E-state index contributed by atoms with van der Waals surface area (Å²) in [5, 5.41) is 0. The van der Waals surface area contributed by atoms with Gasteiger partial charge in [0.05, 0.1) is 18.8 Å². The van der Waals surface area contributed by atoms with E-state index in [9.17, 15) is 4.39 Å². The van der Waals surface area contributed by atoms with Crippen LogP contribution in [0, 0.1) is 12.7 Å². The van der Waals surface area contributed by atoms with Crippen molar-refractivity contribution < 1.29 is 8.96 Å². The van der Waals surface area contributed by atoms with Crippen LogP contribution in [0.2, 0.25) is 0 Å². The largest absolute Gasteiger partial charge is 0.330 e. The summed E-state index contributed by atoms with van der Waals surface area (Å²) in [6.07, 6.45) is 2.02. The van der Waals surface area contributed by atoms with Gasteiger partial charge in [-0.3, -0.25) is 0 Å². The highest BCUT2D eigenvalue weighted by atomic mass is 19.1. The average molecular weight is 335 g/mol. The van der Waals surface area contributed by atoms with E-state index < -0.39 is 0 Å². The van der Waals surface area contributed by atoms with Crippen molar-refractivity contribution in [3.8, 4) is 22.5 Å². The van der Waals surface area contributed by atoms with Gasteiger partial charge >= 0.3 is 5.82 Å². The van der Waals surface area contributed by atoms with Crippen LogP contribution in [0.3, 0.4) is 0 Å². The number of benzene rings is 2. The van der Waals surface area contributed by atoms with Crippen LogP contribution in [0.4, 0.5) is 4.39 Å². The van der Waals surface area contributed by atoms with Crippen LogP contribution >= 0.6 is 0 Å². The van der Waals surface area contributed by atoms with Gasteiger partial charge in [0.15, 0.2) is 5.69 Å². The second-order valence-electron chi connectivity index (χ2n) is 7.51. The minimum absolute atomic E-state index is 0.0425. The van der Waals surface area contributed by atoms with Crippen LogP contribution < -0.4 is 4.57 Å². The monoisotopic (exact) mass is 335 g/mol. The lowest BCUT2D eigenvalue weighted by Crippen LogP contribution is -2.33. The van der Waals surface area contributed by atoms with Crippen molar-refractivity contribution in [2.75, 3.05) is 0 Å². The van der Waals surface area contributed by atoms with Gasteiger partial charge in [0.1, 0.15) is 5.82 Å². The van der Waals surface area contributed by atoms with Crippen molar-refractivity contribution in [2.24, 2.45) is 7.05 Å². The fourth-order valence-electron chi connectivity index (χ4n) is 2.90. The summed E-state index contributed by atoms with van der Waals surface area (Å²) in [6.45, 7) is 8.36. The molecule has 3 heteroatoms. The maximum atomic E-state index is 14.6. The lowest BCUT2D eigenvalue weighted by atomic mass is 9.91. The summed E-state index contributed by atoms with van der Waals surface area (Å²) in [5.74, 6) is 0.643. The first kappa shape index (κ1) is 17.3. The molecule has 1 aromatic heterocycles. The van der Waals surface area contributed by atoms with Crippen molar-refractivity contribution in [3.05, 3.63) is 71.8 Å². The average Bonchev–Trinajstić information content (AvgIpc) is 2.55. The molecule has 0 aliphatic carbocycles. The summed E-state index contributed by atoms with van der Waals surface area (Å²) in [4.78, 5) is 4.88. The molecule has 2 aromatic carbocycles. The zero-order valence-electron chi connectivity index (χ0n) is 15.5. The smallest absolute Gasteiger partial charge is 0.233 e. The molecule has 0 saturated heterocycles. The summed E-state index contributed by atoms with van der Waals surface area (Å²) < 4.78 is 16.6. The molecule has 0 bridgehead atoms. The highest BCUT2D eigenvalue weighted by Crippen LogP contribution is 2.30. The molecule has 0 aliphatic rings. The van der Waals surface area contributed by atoms with E-state index in [1.165, 1.54) is 0 Å². The first-order chi connectivity index (χ1) is 11.8. The van der Waals surface area contributed by atoms with Crippen LogP contribution in [-0.2, 0) is 12.5 Å². The van der Waals surface area contributed by atoms with Gasteiger partial charge in [-0.05, 0) is 35.2 Å². The highest BCUT2D eigenvalue weighted by Gasteiger charge is 2.25. The van der Waals surface area contributed by atoms with E-state index in [1.807, 2.05) is 67.2 Å². The van der Waals surface area contributed by atoms with E-state index in [-0.39, 0.29) is 11.2 Å². The van der Waals surface area contributed by atoms with E-state index >= 15 is 0 Å². The molecule has 1 heterocycles. The van der Waals surface area contributed by atoms with Crippen molar-refractivity contribution in [2.45, 2.75) is 33.1 Å². The molecule has 0 aliphatic heterocycles. The number of nitrogens with zero attached hydrogens (tertiary/aromatic N) is 2. The Bertz CT molecular complexity index is 909. The van der Waals surface area contributed by atoms with Gasteiger partial charge in [0.25, 0.3) is 0 Å². The Kier molecular flexibility index (Phi) is 4.42. The van der Waals surface area contributed by atoms with Crippen molar-refractivity contribution in [1.29, 1.82) is 0 Å². The highest BCUT2D eigenvalue weighted by molar-refractivity contribution is 5.72. The topological polar surface area (TPSA) is 16.8 Å². The molecule has 0 radical (unpaired) electrons. The van der Waals surface area contributed by atoms with Gasteiger partial charge in [0, 0.05) is 17.0 Å². The number of aryl methyl sites for hydroxylation is 2. The molecular formula is C22H24FN2+. The second kappa shape index (κ2) is 6.40. The van der Waals surface area contributed by atoms with Gasteiger partial charge in [-0.25, -0.2) is 8.96 Å². The van der Waals surface area contributed by atoms with E-state index in [4.69, 9.17) is 4.98 Å². The zero-order chi connectivity index (χ0) is 18.2. The van der Waals surface area contributed by atoms with E-state index in [1.54, 1.807) is 6.07 Å². The zero-order valence-corrected chi connectivity index (χ0v) is 15.5. The number of hydrogen-bond donors (Lipinski definition) is 0. The van der Waals surface area contributed by atoms with Gasteiger partial charge in [-0.15, -0.1) is 0 Å². The fraction of sp³-hybridized carbons (Fsp3) is 0.273. The molecule has 0 amide bonds. The van der Waals surface area contributed by atoms with Crippen LogP contribution in [0.5, 0.6) is 0 Å². The Morgan fingerprint density at radius 3 is 2.28 bits per heavy atom. The van der Waals surface area contributed by atoms with Gasteiger partial charge in [-0.1, -0.05) is 51.1 Å². The van der Waals surface area contributed by atoms with Crippen LogP contribution in [0.1, 0.15) is 32.0 Å². The normalized spacial score (nSPS) is 11.6. The second-order valence-corrected chi connectivity index (χ2v) is 7.51. The molecular weight excluding hydrogens is 311 g/mol. The fourth-order valence-corrected chi connectivity index (χ4v) is 2.90. The van der Waals surface area contributed by atoms with Crippen molar-refractivity contribution in [1.82, 2.24) is 4.98 Å². The molecule has 0 atom stereocenters. The third kappa shape index (κ3) is 3.46. The van der Waals surface area contributed by atoms with Gasteiger partial charge < -0.3 is 0 Å². The molecule has 0 spiro atoms. The molecule has 3 aromatic rings. The molecule has 128 valence electrons. The molecule has 0 unspecified atom stereocenters. The number of halogens is 1. The Morgan fingerprint density at radius 2 is 1.64 bits per heavy atom. The number of rotatable bonds is 2. The molecule has 0 saturated carbocycles. The molecule has 0 N–H and O–H groups in total. The first-order valence-corrected chi connectivity index (χ1v) is 8.50. The third-order valence-electron chi connectivity index (χ3n) is 4.42. The maximum absolute atomic E-state index is 14.6. The Balaban J connectivity index is 2.22. The Hall–Kier alpha value is -2.55. The van der Waals surface area contributed by atoms with E-state index in [0.717, 1.165) is 28.2 Å². The summed E-state index contributed by atoms with van der Waals surface area (Å²) in [7, 11) is 1.97. The summed E-state index contributed by atoms with van der Waals surface area (Å²) in [6, 6.07) is 15.2. The van der Waals surface area contributed by atoms with Crippen molar-refractivity contribution in [3.63, 3.8) is 0 Å². The summed E-state index contributed by atoms with van der Waals surface area (Å²) in [5.41, 5.74) is 4.28. The van der Waals surface area contributed by atoms with Gasteiger partial charge in [0.2, 0.25) is 0 Å². The quantitative estimate of drug-likeness (QED) is 0.603.